The molecule has 0 fully saturated rings. The van der Waals surface area contributed by atoms with Crippen LogP contribution in [0, 0.1) is 5.82 Å². The minimum Gasteiger partial charge on any atom is -0.261 e. The first-order chi connectivity index (χ1) is 13.6. The number of nitrogens with zero attached hydrogens (tertiary/aromatic N) is 2. The molecule has 0 atom stereocenters. The van der Waals surface area contributed by atoms with Crippen molar-refractivity contribution in [3.63, 3.8) is 0 Å². The van der Waals surface area contributed by atoms with Crippen LogP contribution in [0.4, 0.5) is 23.4 Å². The Hall–Kier alpha value is -3.14. The second kappa shape index (κ2) is 7.70. The summed E-state index contributed by atoms with van der Waals surface area (Å²) in [5, 5.41) is 3.82. The number of alkyl halides is 3. The normalized spacial score (nSPS) is 12.0. The van der Waals surface area contributed by atoms with Gasteiger partial charge in [-0.1, -0.05) is 36.4 Å². The van der Waals surface area contributed by atoms with Crippen LogP contribution in [0.15, 0.2) is 72.1 Å². The first kappa shape index (κ1) is 20.6. The largest absolute Gasteiger partial charge is 0.433 e. The van der Waals surface area contributed by atoms with E-state index in [2.05, 4.69) is 16.4 Å². The number of rotatable bonds is 6. The molecule has 0 aliphatic rings. The van der Waals surface area contributed by atoms with Gasteiger partial charge in [0, 0.05) is 0 Å². The van der Waals surface area contributed by atoms with Crippen molar-refractivity contribution < 1.29 is 26.0 Å². The average Bonchev–Trinajstić information content (AvgIpc) is 3.01. The Bertz CT molecular complexity index is 1120. The van der Waals surface area contributed by atoms with Crippen molar-refractivity contribution >= 4 is 15.8 Å². The monoisotopic (exact) mass is 425 g/mol. The van der Waals surface area contributed by atoms with Crippen LogP contribution in [0.25, 0.3) is 11.1 Å². The zero-order chi connectivity index (χ0) is 21.2. The molecule has 0 amide bonds. The highest BCUT2D eigenvalue weighted by atomic mass is 32.2. The molecule has 0 unspecified atom stereocenters. The summed E-state index contributed by atoms with van der Waals surface area (Å²) in [7, 11) is -4.21. The maximum atomic E-state index is 13.8. The molecule has 0 saturated carbocycles. The van der Waals surface area contributed by atoms with Crippen molar-refractivity contribution in [2.75, 3.05) is 4.72 Å². The van der Waals surface area contributed by atoms with Crippen molar-refractivity contribution in [3.05, 3.63) is 78.8 Å². The second-order valence-corrected chi connectivity index (χ2v) is 7.65. The third kappa shape index (κ3) is 4.32. The molecule has 1 N–H and O–H groups in total. The van der Waals surface area contributed by atoms with Crippen LogP contribution in [-0.4, -0.2) is 18.2 Å². The van der Waals surface area contributed by atoms with Gasteiger partial charge in [-0.2, -0.15) is 18.3 Å². The third-order valence-electron chi connectivity index (χ3n) is 3.94. The van der Waals surface area contributed by atoms with Crippen molar-refractivity contribution in [1.82, 2.24) is 9.78 Å². The minimum absolute atomic E-state index is 0.0419. The van der Waals surface area contributed by atoms with E-state index in [0.717, 1.165) is 24.3 Å². The molecule has 2 aromatic carbocycles. The van der Waals surface area contributed by atoms with Gasteiger partial charge < -0.3 is 0 Å². The summed E-state index contributed by atoms with van der Waals surface area (Å²) >= 11 is 0. The van der Waals surface area contributed by atoms with Gasteiger partial charge >= 0.3 is 6.18 Å². The molecule has 5 nitrogen and oxygen atoms in total. The number of sulfonamides is 1. The fraction of sp³-hybridized carbons (Fsp3) is 0.105. The molecule has 1 aromatic heterocycles. The van der Waals surface area contributed by atoms with Gasteiger partial charge in [-0.05, 0) is 29.8 Å². The lowest BCUT2D eigenvalue weighted by Gasteiger charge is -2.12. The van der Waals surface area contributed by atoms with Gasteiger partial charge in [-0.25, -0.2) is 12.8 Å². The molecule has 0 spiro atoms. The van der Waals surface area contributed by atoms with Gasteiger partial charge in [-0.3, -0.25) is 9.40 Å². The fourth-order valence-corrected chi connectivity index (χ4v) is 3.78. The van der Waals surface area contributed by atoms with Gasteiger partial charge in [0.1, 0.15) is 5.82 Å². The molecule has 1 heterocycles. The lowest BCUT2D eigenvalue weighted by molar-refractivity contribution is -0.143. The van der Waals surface area contributed by atoms with E-state index >= 15 is 0 Å². The van der Waals surface area contributed by atoms with E-state index < -0.39 is 39.1 Å². The predicted octanol–water partition coefficient (Wildman–Crippen LogP) is 4.69. The topological polar surface area (TPSA) is 64.0 Å². The van der Waals surface area contributed by atoms with Crippen molar-refractivity contribution in [2.45, 2.75) is 17.6 Å². The zero-order valence-corrected chi connectivity index (χ0v) is 15.6. The lowest BCUT2D eigenvalue weighted by atomic mass is 10.0. The van der Waals surface area contributed by atoms with Gasteiger partial charge in [0.25, 0.3) is 10.0 Å². The van der Waals surface area contributed by atoms with Crippen LogP contribution in [-0.2, 0) is 22.7 Å². The maximum Gasteiger partial charge on any atom is 0.433 e. The summed E-state index contributed by atoms with van der Waals surface area (Å²) in [4.78, 5) is -0.142. The number of benzene rings is 2. The highest BCUT2D eigenvalue weighted by molar-refractivity contribution is 7.92. The van der Waals surface area contributed by atoms with Crippen LogP contribution in [0.3, 0.4) is 0 Å². The highest BCUT2D eigenvalue weighted by Gasteiger charge is 2.41. The number of aromatic nitrogens is 2. The summed E-state index contributed by atoms with van der Waals surface area (Å²) in [6.45, 7) is 3.10. The van der Waals surface area contributed by atoms with Crippen molar-refractivity contribution in [1.29, 1.82) is 0 Å². The quantitative estimate of drug-likeness (QED) is 0.460. The Morgan fingerprint density at radius 2 is 1.69 bits per heavy atom. The van der Waals surface area contributed by atoms with Crippen LogP contribution in [0.5, 0.6) is 0 Å². The van der Waals surface area contributed by atoms with Crippen LogP contribution in [0.1, 0.15) is 5.69 Å². The first-order valence-corrected chi connectivity index (χ1v) is 9.74. The van der Waals surface area contributed by atoms with E-state index in [-0.39, 0.29) is 17.0 Å². The van der Waals surface area contributed by atoms with E-state index in [4.69, 9.17) is 0 Å². The van der Waals surface area contributed by atoms with Crippen LogP contribution < -0.4 is 4.72 Å². The summed E-state index contributed by atoms with van der Waals surface area (Å²) in [5.74, 6) is -1.16. The second-order valence-electron chi connectivity index (χ2n) is 5.97. The molecular weight excluding hydrogens is 410 g/mol. The predicted molar refractivity (Wildman–Crippen MR) is 100 cm³/mol. The molecule has 3 aromatic rings. The van der Waals surface area contributed by atoms with Crippen LogP contribution >= 0.6 is 0 Å². The molecule has 10 heteroatoms. The van der Waals surface area contributed by atoms with E-state index in [1.807, 2.05) is 0 Å². The number of allylic oxidation sites excluding steroid dienone is 1. The summed E-state index contributed by atoms with van der Waals surface area (Å²) in [6.07, 6.45) is -3.65. The third-order valence-corrected chi connectivity index (χ3v) is 5.30. The molecule has 0 radical (unpaired) electrons. The Kier molecular flexibility index (Phi) is 5.47. The number of halogens is 4. The summed E-state index contributed by atoms with van der Waals surface area (Å²) in [6, 6.07) is 11.4. The number of hydrogen-bond acceptors (Lipinski definition) is 3. The smallest absolute Gasteiger partial charge is 0.261 e. The standard InChI is InChI=1S/C19H15F4N3O2S/c1-2-12-26-17(19(21,22)23)16(13-8-10-14(20)11-9-13)18(24-26)25-29(27,28)15-6-4-3-5-7-15/h2-11H,1,12H2,(H,24,25). The molecule has 152 valence electrons. The molecule has 0 aliphatic heterocycles. The van der Waals surface area contributed by atoms with E-state index in [1.54, 1.807) is 6.07 Å². The SMILES string of the molecule is C=CCn1nc(NS(=O)(=O)c2ccccc2)c(-c2ccc(F)cc2)c1C(F)(F)F. The Labute approximate surface area is 164 Å². The highest BCUT2D eigenvalue weighted by Crippen LogP contribution is 2.42. The zero-order valence-electron chi connectivity index (χ0n) is 14.8. The molecular formula is C19H15F4N3O2S. The Morgan fingerprint density at radius 1 is 1.07 bits per heavy atom. The van der Waals surface area contributed by atoms with Crippen molar-refractivity contribution in [3.8, 4) is 11.1 Å². The van der Waals surface area contributed by atoms with E-state index in [9.17, 15) is 26.0 Å². The summed E-state index contributed by atoms with van der Waals surface area (Å²) in [5.41, 5.74) is -1.71. The van der Waals surface area contributed by atoms with Gasteiger partial charge in [0.05, 0.1) is 17.0 Å². The lowest BCUT2D eigenvalue weighted by Crippen LogP contribution is -2.15. The minimum atomic E-state index is -4.85. The molecule has 0 aliphatic carbocycles. The van der Waals surface area contributed by atoms with Gasteiger partial charge in [0.2, 0.25) is 0 Å². The maximum absolute atomic E-state index is 13.8. The number of nitrogens with one attached hydrogen (secondary N) is 1. The first-order valence-electron chi connectivity index (χ1n) is 8.26. The average molecular weight is 425 g/mol. The van der Waals surface area contributed by atoms with Crippen LogP contribution in [0.2, 0.25) is 0 Å². The summed E-state index contributed by atoms with van der Waals surface area (Å²) < 4.78 is 82.8. The molecule has 0 bridgehead atoms. The van der Waals surface area contributed by atoms with E-state index in [1.165, 1.54) is 30.3 Å². The Morgan fingerprint density at radius 3 is 2.24 bits per heavy atom. The van der Waals surface area contributed by atoms with Gasteiger partial charge in [-0.15, -0.1) is 6.58 Å². The van der Waals surface area contributed by atoms with Crippen molar-refractivity contribution in [2.24, 2.45) is 0 Å². The van der Waals surface area contributed by atoms with E-state index in [0.29, 0.717) is 4.68 Å². The number of hydrogen-bond donors (Lipinski definition) is 1. The molecule has 0 saturated heterocycles. The Balaban J connectivity index is 2.23. The fourth-order valence-electron chi connectivity index (χ4n) is 2.75. The number of anilines is 1. The van der Waals surface area contributed by atoms with Gasteiger partial charge in [0.15, 0.2) is 11.5 Å². The molecule has 3 rings (SSSR count). The molecule has 29 heavy (non-hydrogen) atoms.